The first-order valence-electron chi connectivity index (χ1n) is 7.28. The second-order valence-corrected chi connectivity index (χ2v) is 6.84. The lowest BCUT2D eigenvalue weighted by atomic mass is 10.1. The van der Waals surface area contributed by atoms with Gasteiger partial charge in [-0.25, -0.2) is 17.9 Å². The molecule has 1 aromatic rings. The Morgan fingerprint density at radius 3 is 2.74 bits per heavy atom. The number of esters is 1. The number of ether oxygens (including phenoxy) is 2. The molecule has 0 bridgehead atoms. The van der Waals surface area contributed by atoms with Crippen LogP contribution in [-0.2, 0) is 24.3 Å². The summed E-state index contributed by atoms with van der Waals surface area (Å²) in [6, 6.07) is 5.57. The molecule has 2 rings (SSSR count). The van der Waals surface area contributed by atoms with E-state index in [-0.39, 0.29) is 23.0 Å². The molecule has 0 aliphatic carbocycles. The highest BCUT2D eigenvalue weighted by atomic mass is 32.2. The van der Waals surface area contributed by atoms with E-state index in [1.807, 2.05) is 4.72 Å². The third-order valence-electron chi connectivity index (χ3n) is 3.55. The Bertz CT molecular complexity index is 679. The highest BCUT2D eigenvalue weighted by molar-refractivity contribution is 7.90. The number of methoxy groups -OCH3 is 1. The Morgan fingerprint density at radius 1 is 1.35 bits per heavy atom. The van der Waals surface area contributed by atoms with Crippen molar-refractivity contribution in [3.63, 3.8) is 0 Å². The summed E-state index contributed by atoms with van der Waals surface area (Å²) in [5, 5.41) is 0. The van der Waals surface area contributed by atoms with Crippen LogP contribution in [0.5, 0.6) is 0 Å². The van der Waals surface area contributed by atoms with Crippen molar-refractivity contribution in [2.24, 2.45) is 0 Å². The zero-order valence-corrected chi connectivity index (χ0v) is 13.6. The van der Waals surface area contributed by atoms with Gasteiger partial charge in [0, 0.05) is 13.0 Å². The van der Waals surface area contributed by atoms with Gasteiger partial charge in [0.1, 0.15) is 4.90 Å². The lowest BCUT2D eigenvalue weighted by Crippen LogP contribution is -2.32. The van der Waals surface area contributed by atoms with Crippen LogP contribution >= 0.6 is 0 Å². The number of rotatable bonds is 6. The Labute approximate surface area is 135 Å². The molecule has 1 fully saturated rings. The molecule has 1 saturated heterocycles. The van der Waals surface area contributed by atoms with E-state index >= 15 is 0 Å². The topological polar surface area (TPSA) is 98.8 Å². The fourth-order valence-corrected chi connectivity index (χ4v) is 3.61. The summed E-state index contributed by atoms with van der Waals surface area (Å²) in [5.41, 5.74) is -0.116. The van der Waals surface area contributed by atoms with Crippen LogP contribution in [0.25, 0.3) is 0 Å². The Morgan fingerprint density at radius 2 is 2.09 bits per heavy atom. The summed E-state index contributed by atoms with van der Waals surface area (Å²) in [7, 11) is -2.97. The van der Waals surface area contributed by atoms with Crippen molar-refractivity contribution < 1.29 is 27.5 Å². The number of carbonyl (C=O) groups is 2. The highest BCUT2D eigenvalue weighted by Crippen LogP contribution is 2.18. The van der Waals surface area contributed by atoms with Gasteiger partial charge in [0.2, 0.25) is 5.91 Å². The Kier molecular flexibility index (Phi) is 5.73. The van der Waals surface area contributed by atoms with Crippen molar-refractivity contribution in [1.29, 1.82) is 0 Å². The van der Waals surface area contributed by atoms with Gasteiger partial charge in [-0.1, -0.05) is 12.1 Å². The zero-order chi connectivity index (χ0) is 16.9. The van der Waals surface area contributed by atoms with Gasteiger partial charge < -0.3 is 9.47 Å². The molecule has 1 N–H and O–H groups in total. The summed E-state index contributed by atoms with van der Waals surface area (Å²) < 4.78 is 36.6. The molecular formula is C15H19NO6S. The summed E-state index contributed by atoms with van der Waals surface area (Å²) in [5.74, 6) is -1.40. The molecule has 1 heterocycles. The normalized spacial score (nSPS) is 17.7. The second-order valence-electron chi connectivity index (χ2n) is 5.19. The van der Waals surface area contributed by atoms with E-state index in [1.54, 1.807) is 0 Å². The van der Waals surface area contributed by atoms with Crippen LogP contribution in [0.4, 0.5) is 0 Å². The van der Waals surface area contributed by atoms with Crippen molar-refractivity contribution in [1.82, 2.24) is 4.72 Å². The number of hydrogen-bond donors (Lipinski definition) is 1. The van der Waals surface area contributed by atoms with E-state index < -0.39 is 21.9 Å². The standard InChI is InChI=1S/C15H19NO6S/c1-21-15(18)12-6-2-3-7-13(12)23(19,20)16-14(17)9-8-11-5-4-10-22-11/h2-3,6-7,11H,4-5,8-10H2,1H3,(H,16,17). The fourth-order valence-electron chi connectivity index (χ4n) is 2.40. The Hall–Kier alpha value is -1.93. The minimum atomic E-state index is -4.13. The summed E-state index contributed by atoms with van der Waals surface area (Å²) in [4.78, 5) is 23.2. The van der Waals surface area contributed by atoms with Crippen LogP contribution < -0.4 is 4.72 Å². The maximum absolute atomic E-state index is 12.3. The SMILES string of the molecule is COC(=O)c1ccccc1S(=O)(=O)NC(=O)CCC1CCCO1. The summed E-state index contributed by atoms with van der Waals surface area (Å²) in [6.45, 7) is 0.678. The molecule has 0 spiro atoms. The molecule has 1 aliphatic rings. The van der Waals surface area contributed by atoms with Crippen LogP contribution in [0.3, 0.4) is 0 Å². The fraction of sp³-hybridized carbons (Fsp3) is 0.467. The molecule has 1 aromatic carbocycles. The van der Waals surface area contributed by atoms with Crippen molar-refractivity contribution in [2.75, 3.05) is 13.7 Å². The molecular weight excluding hydrogens is 322 g/mol. The average Bonchev–Trinajstić information content (AvgIpc) is 3.05. The average molecular weight is 341 g/mol. The predicted molar refractivity (Wildman–Crippen MR) is 81.3 cm³/mol. The molecule has 0 saturated carbocycles. The van der Waals surface area contributed by atoms with Gasteiger partial charge in [0.15, 0.2) is 0 Å². The third kappa shape index (κ3) is 4.52. The van der Waals surface area contributed by atoms with E-state index in [9.17, 15) is 18.0 Å². The van der Waals surface area contributed by atoms with Gasteiger partial charge >= 0.3 is 5.97 Å². The van der Waals surface area contributed by atoms with Crippen LogP contribution in [-0.4, -0.2) is 40.1 Å². The lowest BCUT2D eigenvalue weighted by Gasteiger charge is -2.11. The number of benzene rings is 1. The van der Waals surface area contributed by atoms with Crippen molar-refractivity contribution >= 4 is 21.9 Å². The smallest absolute Gasteiger partial charge is 0.339 e. The maximum atomic E-state index is 12.3. The van der Waals surface area contributed by atoms with E-state index in [0.717, 1.165) is 20.0 Å². The first-order chi connectivity index (χ1) is 10.9. The van der Waals surface area contributed by atoms with Crippen LogP contribution in [0.2, 0.25) is 0 Å². The third-order valence-corrected chi connectivity index (χ3v) is 4.98. The number of hydrogen-bond acceptors (Lipinski definition) is 6. The van der Waals surface area contributed by atoms with Gasteiger partial charge in [-0.3, -0.25) is 4.79 Å². The summed E-state index contributed by atoms with van der Waals surface area (Å²) >= 11 is 0. The van der Waals surface area contributed by atoms with Gasteiger partial charge in [-0.15, -0.1) is 0 Å². The quantitative estimate of drug-likeness (QED) is 0.782. The van der Waals surface area contributed by atoms with Crippen molar-refractivity contribution in [3.05, 3.63) is 29.8 Å². The minimum absolute atomic E-state index is 0.00538. The largest absolute Gasteiger partial charge is 0.465 e. The van der Waals surface area contributed by atoms with Crippen LogP contribution in [0, 0.1) is 0 Å². The molecule has 1 aliphatic heterocycles. The first-order valence-corrected chi connectivity index (χ1v) is 8.77. The van der Waals surface area contributed by atoms with Crippen LogP contribution in [0.1, 0.15) is 36.0 Å². The minimum Gasteiger partial charge on any atom is -0.465 e. The number of carbonyl (C=O) groups excluding carboxylic acids is 2. The first kappa shape index (κ1) is 17.4. The zero-order valence-electron chi connectivity index (χ0n) is 12.8. The van der Waals surface area contributed by atoms with Gasteiger partial charge in [0.25, 0.3) is 10.0 Å². The van der Waals surface area contributed by atoms with E-state index in [2.05, 4.69) is 4.74 Å². The van der Waals surface area contributed by atoms with Crippen LogP contribution in [0.15, 0.2) is 29.2 Å². The molecule has 1 unspecified atom stereocenters. The van der Waals surface area contributed by atoms with E-state index in [0.29, 0.717) is 13.0 Å². The molecule has 126 valence electrons. The van der Waals surface area contributed by atoms with Gasteiger partial charge in [-0.2, -0.15) is 0 Å². The van der Waals surface area contributed by atoms with E-state index in [4.69, 9.17) is 4.74 Å². The summed E-state index contributed by atoms with van der Waals surface area (Å²) in [6.07, 6.45) is 2.36. The molecule has 0 aromatic heterocycles. The molecule has 1 atom stereocenters. The maximum Gasteiger partial charge on any atom is 0.339 e. The van der Waals surface area contributed by atoms with Crippen molar-refractivity contribution in [2.45, 2.75) is 36.7 Å². The predicted octanol–water partition coefficient (Wildman–Crippen LogP) is 1.24. The molecule has 1 amide bonds. The van der Waals surface area contributed by atoms with Crippen molar-refractivity contribution in [3.8, 4) is 0 Å². The second kappa shape index (κ2) is 7.56. The lowest BCUT2D eigenvalue weighted by molar-refractivity contribution is -0.119. The van der Waals surface area contributed by atoms with E-state index in [1.165, 1.54) is 24.3 Å². The molecule has 7 nitrogen and oxygen atoms in total. The molecule has 23 heavy (non-hydrogen) atoms. The van der Waals surface area contributed by atoms with Gasteiger partial charge in [-0.05, 0) is 31.4 Å². The number of nitrogens with one attached hydrogen (secondary N) is 1. The number of sulfonamides is 1. The Balaban J connectivity index is 2.06. The number of amides is 1. The molecule has 0 radical (unpaired) electrons. The monoisotopic (exact) mass is 341 g/mol. The highest BCUT2D eigenvalue weighted by Gasteiger charge is 2.25. The molecule has 8 heteroatoms. The van der Waals surface area contributed by atoms with Gasteiger partial charge in [0.05, 0.1) is 18.8 Å².